The van der Waals surface area contributed by atoms with Crippen LogP contribution in [0.5, 0.6) is 11.5 Å². The summed E-state index contributed by atoms with van der Waals surface area (Å²) in [6, 6.07) is 23.6. The Hall–Kier alpha value is -6.54. The summed E-state index contributed by atoms with van der Waals surface area (Å²) in [7, 11) is 2.53. The zero-order valence-corrected chi connectivity index (χ0v) is 62.0. The molecule has 4 saturated heterocycles. The quantitative estimate of drug-likeness (QED) is 0.00718. The molecule has 0 aliphatic carbocycles. The Balaban J connectivity index is 0.000000268. The van der Waals surface area contributed by atoms with Crippen LogP contribution in [0.15, 0.2) is 111 Å². The number of anilines is 12. The second kappa shape index (κ2) is 37.4. The first kappa shape index (κ1) is 78.5. The largest absolute Gasteiger partial charge is 1.00 e. The fourth-order valence-corrected chi connectivity index (χ4v) is 14.0. The molecular weight excluding hydrogens is 1340 g/mol. The van der Waals surface area contributed by atoms with Crippen LogP contribution < -0.4 is 97.0 Å². The molecular formula is C65H86Cl3N16NaO9P2. The van der Waals surface area contributed by atoms with Crippen molar-refractivity contribution in [1.29, 1.82) is 0 Å². The van der Waals surface area contributed by atoms with E-state index in [1.165, 1.54) is 18.5 Å². The van der Waals surface area contributed by atoms with Crippen molar-refractivity contribution >= 4 is 146 Å². The Morgan fingerprint density at radius 1 is 0.604 bits per heavy atom. The smallest absolute Gasteiger partial charge is 0.662 e. The number of piperidine rings is 2. The Bertz CT molecular complexity index is 3710. The number of likely N-dealkylation sites (N-methyl/N-ethyl adjacent to an activating group) is 2. The molecule has 4 aliphatic heterocycles. The zero-order chi connectivity index (χ0) is 69.0. The predicted molar refractivity (Wildman–Crippen MR) is 384 cm³/mol. The number of para-hydroxylation sites is 2. The van der Waals surface area contributed by atoms with Crippen LogP contribution >= 0.6 is 49.1 Å². The zero-order valence-electron chi connectivity index (χ0n) is 55.9. The van der Waals surface area contributed by atoms with Crippen LogP contribution in [0.25, 0.3) is 0 Å². The number of piperazine rings is 2. The minimum absolute atomic E-state index is 0. The molecule has 96 heavy (non-hydrogen) atoms. The third-order valence-electron chi connectivity index (χ3n) is 16.5. The van der Waals surface area contributed by atoms with Gasteiger partial charge in [0.2, 0.25) is 23.0 Å². The number of allylic oxidation sites excluding steroid dienone is 1. The molecule has 4 fully saturated rings. The fraction of sp³-hybridized carbons (Fsp3) is 0.400. The number of benzene rings is 4. The number of carbonyl (C=O) groups excluding carboxylic acids is 3. The van der Waals surface area contributed by atoms with Gasteiger partial charge in [-0.15, -0.1) is 0 Å². The monoisotopic (exact) mass is 1420 g/mol. The summed E-state index contributed by atoms with van der Waals surface area (Å²) in [6.07, 6.45) is 9.64. The number of nitrogens with one attached hydrogen (secondary N) is 5. The number of carbonyl (C=O) groups is 3. The van der Waals surface area contributed by atoms with Gasteiger partial charge in [0.1, 0.15) is 35.8 Å². The predicted octanol–water partition coefficient (Wildman–Crippen LogP) is 6.26. The maximum absolute atomic E-state index is 12.9. The summed E-state index contributed by atoms with van der Waals surface area (Å²) in [6.45, 7) is 26.1. The number of ether oxygens (including phenoxy) is 2. The summed E-state index contributed by atoms with van der Waals surface area (Å²) < 4.78 is 37.2. The normalized spacial score (nSPS) is 15.8. The van der Waals surface area contributed by atoms with E-state index in [4.69, 9.17) is 60.1 Å². The molecule has 1 amide bonds. The van der Waals surface area contributed by atoms with Crippen LogP contribution in [0.3, 0.4) is 0 Å². The number of nitrogen functional groups attached to an aromatic ring is 1. The fourth-order valence-electron chi connectivity index (χ4n) is 11.4. The number of hydrogen-bond acceptors (Lipinski definition) is 24. The summed E-state index contributed by atoms with van der Waals surface area (Å²) in [4.78, 5) is 65.8. The van der Waals surface area contributed by atoms with Gasteiger partial charge in [0.05, 0.1) is 72.1 Å². The Kier molecular flexibility index (Phi) is 30.6. The molecule has 31 heteroatoms. The standard InChI is InChI=1S/C32H42ClN8O3P.C29H40ClN8O2P.C3H3ClO.CH2O3.Na/c1-6-30(42)35-25-19-26(28(44-3)20-27(25)41-13-11-22(12-14-41)40-17-15-39(2)16-18-40)37-32-34-21-23(33)31(38-32)36-24-9-7-8-10-29(24)45(4,5)43;1-36-13-15-37(16-14-36)20-9-11-38(12-10-20)25-18-26(40-2)24(17-22(25)31)34-29-32-19-21(30)28(35-29)33-23-7-5-6-8-27(23)41(3,4)39;1-2-3(4)5;2-1-4-3;/h6-10,19-22H,1,11-18H2,2-5H3,(H,35,42)(H2,34,36,37,38);5-8,17-20H,9-16,31H2,1-4H3,(H2,32,33,34,35);2H,1H2;1,3H;/q;;;;+1/p-1. The molecule has 0 atom stereocenters. The molecule has 0 saturated carbocycles. The van der Waals surface area contributed by atoms with E-state index >= 15 is 0 Å². The van der Waals surface area contributed by atoms with Crippen LogP contribution in [-0.2, 0) is 28.4 Å². The maximum atomic E-state index is 12.9. The van der Waals surface area contributed by atoms with Gasteiger partial charge in [-0.1, -0.05) is 60.6 Å². The van der Waals surface area contributed by atoms with E-state index in [2.05, 4.69) is 108 Å². The van der Waals surface area contributed by atoms with E-state index in [1.54, 1.807) is 40.9 Å². The minimum Gasteiger partial charge on any atom is -0.662 e. The van der Waals surface area contributed by atoms with Gasteiger partial charge in [-0.05, 0) is 127 Å². The molecule has 0 bridgehead atoms. The van der Waals surface area contributed by atoms with Crippen molar-refractivity contribution in [2.45, 2.75) is 37.8 Å². The van der Waals surface area contributed by atoms with Gasteiger partial charge >= 0.3 is 29.6 Å². The van der Waals surface area contributed by atoms with Gasteiger partial charge in [-0.25, -0.2) is 9.97 Å². The molecule has 6 aromatic rings. The van der Waals surface area contributed by atoms with Gasteiger partial charge in [-0.3, -0.25) is 24.2 Å². The number of nitrogens with two attached hydrogens (primary N) is 1. The van der Waals surface area contributed by atoms with Crippen molar-refractivity contribution in [3.63, 3.8) is 0 Å². The minimum atomic E-state index is -2.57. The molecule has 0 spiro atoms. The number of methoxy groups -OCH3 is 2. The van der Waals surface area contributed by atoms with E-state index in [0.29, 0.717) is 90.6 Å². The van der Waals surface area contributed by atoms with Crippen LogP contribution in [0.2, 0.25) is 10.0 Å². The van der Waals surface area contributed by atoms with Gasteiger partial charge in [0, 0.05) is 113 Å². The SMILES string of the molecule is C=CC(=O)Cl.C=CC(=O)Nc1cc(Nc2ncc(Cl)c(Nc3ccccc3P(C)(C)=O)n2)c(OC)cc1N1CCC(N2CCN(C)CC2)CC1.COc1cc(N2CCC(N3CCN(C)CC3)CC2)c(N)cc1Nc1ncc(Cl)c(Nc2ccccc2P(C)(C)=O)n1.O=CO[O-].[Na+]. The van der Waals surface area contributed by atoms with E-state index in [0.717, 1.165) is 127 Å². The maximum Gasteiger partial charge on any atom is 1.00 e. The molecule has 10 rings (SSSR count). The Labute approximate surface area is 599 Å². The Morgan fingerprint density at radius 3 is 1.36 bits per heavy atom. The summed E-state index contributed by atoms with van der Waals surface area (Å²) in [5.74, 6) is 2.24. The van der Waals surface area contributed by atoms with E-state index in [9.17, 15) is 18.7 Å². The van der Waals surface area contributed by atoms with Crippen LogP contribution in [-0.4, -0.2) is 203 Å². The number of rotatable bonds is 20. The third kappa shape index (κ3) is 22.5. The van der Waals surface area contributed by atoms with E-state index in [-0.39, 0.29) is 47.9 Å². The number of hydrogen-bond donors (Lipinski definition) is 6. The van der Waals surface area contributed by atoms with Gasteiger partial charge in [-0.2, -0.15) is 9.97 Å². The van der Waals surface area contributed by atoms with Crippen molar-refractivity contribution < 1.29 is 72.7 Å². The van der Waals surface area contributed by atoms with Crippen molar-refractivity contribution in [3.8, 4) is 11.5 Å². The van der Waals surface area contributed by atoms with Crippen molar-refractivity contribution in [2.75, 3.05) is 176 Å². The first-order valence-electron chi connectivity index (χ1n) is 30.8. The first-order valence-corrected chi connectivity index (χ1v) is 37.1. The van der Waals surface area contributed by atoms with Crippen molar-refractivity contribution in [3.05, 3.63) is 121 Å². The van der Waals surface area contributed by atoms with Crippen LogP contribution in [0.1, 0.15) is 25.7 Å². The van der Waals surface area contributed by atoms with E-state index < -0.39 is 19.5 Å². The average molecular weight is 1430 g/mol. The molecule has 2 aromatic heterocycles. The summed E-state index contributed by atoms with van der Waals surface area (Å²) in [5.41, 5.74) is 12.3. The molecule has 4 aromatic carbocycles. The number of aromatic nitrogens is 4. The number of nitrogens with zero attached hydrogens (tertiary/aromatic N) is 10. The van der Waals surface area contributed by atoms with Gasteiger partial charge in [0.15, 0.2) is 11.6 Å². The number of amides is 1. The van der Waals surface area contributed by atoms with E-state index in [1.807, 2.05) is 72.8 Å². The van der Waals surface area contributed by atoms with Gasteiger partial charge in [0.25, 0.3) is 6.47 Å². The molecule has 6 heterocycles. The second-order valence-electron chi connectivity index (χ2n) is 23.7. The van der Waals surface area contributed by atoms with Crippen LogP contribution in [0, 0.1) is 0 Å². The van der Waals surface area contributed by atoms with Crippen molar-refractivity contribution in [1.82, 2.24) is 39.5 Å². The molecule has 7 N–H and O–H groups in total. The van der Waals surface area contributed by atoms with Gasteiger partial charge < -0.3 is 80.7 Å². The Morgan fingerprint density at radius 2 is 0.990 bits per heavy atom. The molecule has 512 valence electrons. The van der Waals surface area contributed by atoms with Crippen LogP contribution in [0.4, 0.5) is 69.0 Å². The molecule has 0 unspecified atom stereocenters. The second-order valence-corrected chi connectivity index (χ2v) is 31.3. The first-order chi connectivity index (χ1) is 45.4. The molecule has 25 nitrogen and oxygen atoms in total. The summed E-state index contributed by atoms with van der Waals surface area (Å²) in [5, 5.41) is 25.9. The summed E-state index contributed by atoms with van der Waals surface area (Å²) >= 11 is 17.6. The molecule has 0 radical (unpaired) electrons. The third-order valence-corrected chi connectivity index (χ3v) is 20.3. The number of halogens is 3. The topological polar surface area (TPSA) is 293 Å². The van der Waals surface area contributed by atoms with Crippen molar-refractivity contribution in [2.24, 2.45) is 0 Å². The molecule has 4 aliphatic rings. The average Bonchev–Trinajstić information content (AvgIpc) is 0.809.